The molecule has 0 aliphatic carbocycles. The minimum Gasteiger partial charge on any atom is -0.324 e. The molecule has 2 rings (SSSR count). The van der Waals surface area contributed by atoms with Crippen LogP contribution in [0.25, 0.3) is 0 Å². The van der Waals surface area contributed by atoms with Gasteiger partial charge in [-0.15, -0.1) is 11.6 Å². The van der Waals surface area contributed by atoms with E-state index in [0.29, 0.717) is 11.4 Å². The Kier molecular flexibility index (Phi) is 4.43. The van der Waals surface area contributed by atoms with Gasteiger partial charge in [-0.25, -0.2) is 0 Å². The first-order chi connectivity index (χ1) is 9.10. The van der Waals surface area contributed by atoms with Gasteiger partial charge in [-0.2, -0.15) is 0 Å². The maximum atomic E-state index is 11.5. The number of nitrogens with one attached hydrogen (secondary N) is 2. The summed E-state index contributed by atoms with van der Waals surface area (Å²) in [5, 5.41) is 5.35. The predicted octanol–water partition coefficient (Wildman–Crippen LogP) is 3.44. The summed E-state index contributed by atoms with van der Waals surface area (Å²) in [6, 6.07) is 5.52. The van der Waals surface area contributed by atoms with Crippen LogP contribution in [0.1, 0.15) is 43.5 Å². The van der Waals surface area contributed by atoms with Crippen molar-refractivity contribution in [2.75, 3.05) is 10.6 Å². The van der Waals surface area contributed by atoms with E-state index in [9.17, 15) is 9.59 Å². The van der Waals surface area contributed by atoms with Crippen LogP contribution < -0.4 is 10.6 Å². The molecule has 1 aromatic rings. The second-order valence-corrected chi connectivity index (χ2v) is 5.21. The molecule has 0 aromatic heterocycles. The second kappa shape index (κ2) is 6.06. The number of anilines is 2. The minimum atomic E-state index is -0.298. The molecular formula is C14H17ClN2O2. The highest BCUT2D eigenvalue weighted by atomic mass is 35.5. The molecule has 19 heavy (non-hydrogen) atoms. The number of hydrogen-bond donors (Lipinski definition) is 2. The predicted molar refractivity (Wildman–Crippen MR) is 76.4 cm³/mol. The van der Waals surface area contributed by atoms with Gasteiger partial charge in [-0.05, 0) is 24.1 Å². The molecule has 0 spiro atoms. The number of amides is 2. The van der Waals surface area contributed by atoms with Crippen molar-refractivity contribution >= 4 is 34.8 Å². The first-order valence-electron chi connectivity index (χ1n) is 6.48. The molecule has 0 bridgehead atoms. The summed E-state index contributed by atoms with van der Waals surface area (Å²) in [5.74, 6) is -0.592. The molecule has 102 valence electrons. The lowest BCUT2D eigenvalue weighted by Gasteiger charge is -2.13. The van der Waals surface area contributed by atoms with E-state index in [1.165, 1.54) is 0 Å². The normalized spacial score (nSPS) is 16.1. The van der Waals surface area contributed by atoms with Gasteiger partial charge in [0.1, 0.15) is 6.42 Å². The van der Waals surface area contributed by atoms with Crippen molar-refractivity contribution in [3.8, 4) is 0 Å². The summed E-state index contributed by atoms with van der Waals surface area (Å²) in [4.78, 5) is 22.9. The number of fused-ring (bicyclic) bond motifs is 1. The van der Waals surface area contributed by atoms with Gasteiger partial charge in [0.25, 0.3) is 0 Å². The average molecular weight is 281 g/mol. The fraction of sp³-hybridized carbons (Fsp3) is 0.429. The second-order valence-electron chi connectivity index (χ2n) is 4.69. The number of rotatable bonds is 4. The van der Waals surface area contributed by atoms with Crippen LogP contribution in [0.15, 0.2) is 18.2 Å². The number of carbonyl (C=O) groups excluding carboxylic acids is 2. The highest BCUT2D eigenvalue weighted by molar-refractivity contribution is 6.21. The van der Waals surface area contributed by atoms with Gasteiger partial charge in [-0.1, -0.05) is 25.8 Å². The zero-order valence-electron chi connectivity index (χ0n) is 10.8. The molecule has 1 unspecified atom stereocenters. The third-order valence-corrected chi connectivity index (χ3v) is 3.56. The first-order valence-corrected chi connectivity index (χ1v) is 6.91. The standard InChI is InChI=1S/C14H17ClN2O2/c1-2-3-4-10(15)9-5-6-11-12(7-9)17-14(19)8-13(18)16-11/h5-7,10H,2-4,8H2,1H3,(H,16,18)(H,17,19). The molecule has 4 nitrogen and oxygen atoms in total. The van der Waals surface area contributed by atoms with Crippen LogP contribution in [0.5, 0.6) is 0 Å². The largest absolute Gasteiger partial charge is 0.324 e. The molecule has 1 aromatic carbocycles. The Bertz CT molecular complexity index is 502. The Hall–Kier alpha value is -1.55. The maximum Gasteiger partial charge on any atom is 0.233 e. The van der Waals surface area contributed by atoms with Crippen molar-refractivity contribution in [2.24, 2.45) is 0 Å². The number of carbonyl (C=O) groups is 2. The Morgan fingerprint density at radius 3 is 2.58 bits per heavy atom. The highest BCUT2D eigenvalue weighted by Crippen LogP contribution is 2.32. The van der Waals surface area contributed by atoms with Crippen molar-refractivity contribution in [3.05, 3.63) is 23.8 Å². The van der Waals surface area contributed by atoms with Crippen molar-refractivity contribution in [3.63, 3.8) is 0 Å². The van der Waals surface area contributed by atoms with Crippen molar-refractivity contribution in [1.82, 2.24) is 0 Å². The van der Waals surface area contributed by atoms with Gasteiger partial charge in [-0.3, -0.25) is 9.59 Å². The molecule has 1 heterocycles. The van der Waals surface area contributed by atoms with Crippen LogP contribution in [-0.4, -0.2) is 11.8 Å². The lowest BCUT2D eigenvalue weighted by atomic mass is 10.1. The Labute approximate surface area is 117 Å². The van der Waals surface area contributed by atoms with Crippen LogP contribution >= 0.6 is 11.6 Å². The van der Waals surface area contributed by atoms with Gasteiger partial charge in [0.2, 0.25) is 11.8 Å². The van der Waals surface area contributed by atoms with Gasteiger partial charge >= 0.3 is 0 Å². The molecule has 1 atom stereocenters. The van der Waals surface area contributed by atoms with Gasteiger partial charge in [0.15, 0.2) is 0 Å². The van der Waals surface area contributed by atoms with E-state index in [0.717, 1.165) is 24.8 Å². The highest BCUT2D eigenvalue weighted by Gasteiger charge is 2.19. The topological polar surface area (TPSA) is 58.2 Å². The van der Waals surface area contributed by atoms with Crippen LogP contribution in [0, 0.1) is 0 Å². The summed E-state index contributed by atoms with van der Waals surface area (Å²) in [5.41, 5.74) is 2.21. The van der Waals surface area contributed by atoms with E-state index in [2.05, 4.69) is 17.6 Å². The van der Waals surface area contributed by atoms with E-state index >= 15 is 0 Å². The maximum absolute atomic E-state index is 11.5. The fourth-order valence-corrected chi connectivity index (χ4v) is 2.34. The first kappa shape index (κ1) is 13.9. The third kappa shape index (κ3) is 3.47. The average Bonchev–Trinajstić information content (AvgIpc) is 2.51. The molecular weight excluding hydrogens is 264 g/mol. The van der Waals surface area contributed by atoms with Crippen molar-refractivity contribution < 1.29 is 9.59 Å². The Morgan fingerprint density at radius 2 is 1.89 bits per heavy atom. The molecule has 2 N–H and O–H groups in total. The van der Waals surface area contributed by atoms with Crippen molar-refractivity contribution in [1.29, 1.82) is 0 Å². The van der Waals surface area contributed by atoms with Crippen LogP contribution in [-0.2, 0) is 9.59 Å². The monoisotopic (exact) mass is 280 g/mol. The molecule has 1 aliphatic rings. The molecule has 5 heteroatoms. The van der Waals surface area contributed by atoms with Crippen LogP contribution in [0.3, 0.4) is 0 Å². The number of alkyl halides is 1. The molecule has 0 saturated heterocycles. The number of benzene rings is 1. The van der Waals surface area contributed by atoms with Crippen LogP contribution in [0.4, 0.5) is 11.4 Å². The van der Waals surface area contributed by atoms with E-state index in [1.54, 1.807) is 6.07 Å². The quantitative estimate of drug-likeness (QED) is 0.656. The summed E-state index contributed by atoms with van der Waals surface area (Å²) in [6.45, 7) is 2.12. The van der Waals surface area contributed by atoms with E-state index in [4.69, 9.17) is 11.6 Å². The molecule has 0 radical (unpaired) electrons. The van der Waals surface area contributed by atoms with E-state index < -0.39 is 0 Å². The SMILES string of the molecule is CCCCC(Cl)c1ccc2c(c1)NC(=O)CC(=O)N2. The van der Waals surface area contributed by atoms with Gasteiger partial charge < -0.3 is 10.6 Å². The summed E-state index contributed by atoms with van der Waals surface area (Å²) in [7, 11) is 0. The third-order valence-electron chi connectivity index (χ3n) is 3.09. The summed E-state index contributed by atoms with van der Waals surface area (Å²) in [6.07, 6.45) is 2.91. The smallest absolute Gasteiger partial charge is 0.233 e. The summed E-state index contributed by atoms with van der Waals surface area (Å²) < 4.78 is 0. The van der Waals surface area contributed by atoms with Gasteiger partial charge in [0, 0.05) is 0 Å². The lowest BCUT2D eigenvalue weighted by molar-refractivity contribution is -0.123. The molecule has 0 fully saturated rings. The molecule has 0 saturated carbocycles. The Morgan fingerprint density at radius 1 is 1.21 bits per heavy atom. The van der Waals surface area contributed by atoms with Gasteiger partial charge in [0.05, 0.1) is 16.8 Å². The van der Waals surface area contributed by atoms with Crippen LogP contribution in [0.2, 0.25) is 0 Å². The lowest BCUT2D eigenvalue weighted by Crippen LogP contribution is -2.16. The Balaban J connectivity index is 2.22. The zero-order chi connectivity index (χ0) is 13.8. The fourth-order valence-electron chi connectivity index (χ4n) is 2.05. The molecule has 2 amide bonds. The summed E-state index contributed by atoms with van der Waals surface area (Å²) >= 11 is 6.33. The number of unbranched alkanes of at least 4 members (excludes halogenated alkanes) is 1. The minimum absolute atomic E-state index is 0.0684. The number of hydrogen-bond acceptors (Lipinski definition) is 2. The van der Waals surface area contributed by atoms with Crippen molar-refractivity contribution in [2.45, 2.75) is 38.0 Å². The molecule has 1 aliphatic heterocycles. The zero-order valence-corrected chi connectivity index (χ0v) is 11.6. The van der Waals surface area contributed by atoms with E-state index in [1.807, 2.05) is 12.1 Å². The van der Waals surface area contributed by atoms with E-state index in [-0.39, 0.29) is 23.6 Å². The number of halogens is 1.